The maximum atomic E-state index is 2.64. The van der Waals surface area contributed by atoms with Crippen LogP contribution < -0.4 is 0 Å². The van der Waals surface area contributed by atoms with Crippen LogP contribution in [0.5, 0.6) is 0 Å². The zero-order valence-electron chi connectivity index (χ0n) is 24.3. The molecule has 1 aliphatic rings. The van der Waals surface area contributed by atoms with E-state index in [9.17, 15) is 0 Å². The van der Waals surface area contributed by atoms with Gasteiger partial charge in [-0.1, -0.05) is 160 Å². The molecule has 1 heterocycles. The van der Waals surface area contributed by atoms with Crippen molar-refractivity contribution in [3.63, 3.8) is 0 Å². The summed E-state index contributed by atoms with van der Waals surface area (Å²) in [5.41, 5.74) is 1.42. The van der Waals surface area contributed by atoms with Crippen molar-refractivity contribution < 1.29 is 0 Å². The average molecular weight is 497 g/mol. The molecule has 0 spiro atoms. The molecule has 0 saturated heterocycles. The normalized spacial score (nSPS) is 15.3. The van der Waals surface area contributed by atoms with Crippen LogP contribution in [0.1, 0.15) is 154 Å². The molecule has 0 radical (unpaired) electrons. The zero-order valence-corrected chi connectivity index (χ0v) is 24.3. The Balaban J connectivity index is 1.50. The van der Waals surface area contributed by atoms with Gasteiger partial charge in [-0.3, -0.25) is 0 Å². The molecule has 0 amide bonds. The van der Waals surface area contributed by atoms with Crippen molar-refractivity contribution in [3.05, 3.63) is 48.3 Å². The van der Waals surface area contributed by atoms with Crippen LogP contribution in [-0.2, 0) is 6.54 Å². The van der Waals surface area contributed by atoms with Gasteiger partial charge in [-0.05, 0) is 24.8 Å². The molecule has 1 aromatic rings. The van der Waals surface area contributed by atoms with E-state index in [4.69, 9.17) is 0 Å². The first-order chi connectivity index (χ1) is 17.8. The average Bonchev–Trinajstić information content (AvgIpc) is 3.27. The SMILES string of the molecule is CCCCCCCCCCCCCCCCCCN1C=CN(Cc2ccccc2)C1CCCCCC. The molecule has 1 unspecified atom stereocenters. The van der Waals surface area contributed by atoms with Crippen LogP contribution in [-0.4, -0.2) is 22.5 Å². The van der Waals surface area contributed by atoms with Crippen molar-refractivity contribution in [1.82, 2.24) is 9.80 Å². The van der Waals surface area contributed by atoms with Crippen LogP contribution in [0.2, 0.25) is 0 Å². The maximum absolute atomic E-state index is 2.64. The van der Waals surface area contributed by atoms with Gasteiger partial charge in [0.1, 0.15) is 6.17 Å². The predicted molar refractivity (Wildman–Crippen MR) is 160 cm³/mol. The van der Waals surface area contributed by atoms with Crippen LogP contribution in [0.4, 0.5) is 0 Å². The van der Waals surface area contributed by atoms with E-state index in [-0.39, 0.29) is 0 Å². The molecule has 0 fully saturated rings. The molecule has 1 atom stereocenters. The maximum Gasteiger partial charge on any atom is 0.101 e. The molecule has 0 aromatic heterocycles. The van der Waals surface area contributed by atoms with E-state index in [0.717, 1.165) is 6.54 Å². The molecule has 1 aromatic carbocycles. The highest BCUT2D eigenvalue weighted by Crippen LogP contribution is 2.24. The van der Waals surface area contributed by atoms with E-state index in [2.05, 4.69) is 66.4 Å². The number of unbranched alkanes of at least 4 members (excludes halogenated alkanes) is 18. The lowest BCUT2D eigenvalue weighted by atomic mass is 10.0. The van der Waals surface area contributed by atoms with Crippen molar-refractivity contribution >= 4 is 0 Å². The van der Waals surface area contributed by atoms with Crippen LogP contribution in [0, 0.1) is 0 Å². The Kier molecular flexibility index (Phi) is 18.5. The van der Waals surface area contributed by atoms with Crippen LogP contribution in [0.3, 0.4) is 0 Å². The molecular weight excluding hydrogens is 436 g/mol. The first-order valence-electron chi connectivity index (χ1n) is 16.1. The Bertz CT molecular complexity index is 625. The van der Waals surface area contributed by atoms with E-state index in [1.54, 1.807) is 0 Å². The standard InChI is InChI=1S/C34H60N2/c1-3-5-7-9-10-11-12-13-14-15-16-17-18-19-20-25-29-35-30-31-36(32-33-26-22-21-23-27-33)34(35)28-24-8-6-4-2/h21-23,26-27,30-31,34H,3-20,24-25,28-29,32H2,1-2H3. The van der Waals surface area contributed by atoms with Crippen LogP contribution >= 0.6 is 0 Å². The monoisotopic (exact) mass is 496 g/mol. The molecule has 1 aliphatic heterocycles. The summed E-state index contributed by atoms with van der Waals surface area (Å²) in [4.78, 5) is 5.21. The summed E-state index contributed by atoms with van der Waals surface area (Å²) < 4.78 is 0. The van der Waals surface area contributed by atoms with Crippen molar-refractivity contribution in [2.45, 2.75) is 161 Å². The molecular formula is C34H60N2. The fourth-order valence-corrected chi connectivity index (χ4v) is 5.66. The van der Waals surface area contributed by atoms with Gasteiger partial charge in [0.15, 0.2) is 0 Å². The fraction of sp³-hybridized carbons (Fsp3) is 0.765. The molecule has 2 nitrogen and oxygen atoms in total. The third kappa shape index (κ3) is 14.3. The number of hydrogen-bond acceptors (Lipinski definition) is 2. The fourth-order valence-electron chi connectivity index (χ4n) is 5.66. The Morgan fingerprint density at radius 1 is 0.500 bits per heavy atom. The number of benzene rings is 1. The van der Waals surface area contributed by atoms with Crippen molar-refractivity contribution in [1.29, 1.82) is 0 Å². The minimum absolute atomic E-state index is 0.554. The summed E-state index contributed by atoms with van der Waals surface area (Å²) in [5.74, 6) is 0. The minimum Gasteiger partial charge on any atom is -0.356 e. The second kappa shape index (κ2) is 21.6. The van der Waals surface area contributed by atoms with Crippen molar-refractivity contribution in [3.8, 4) is 0 Å². The summed E-state index contributed by atoms with van der Waals surface area (Å²) in [6.07, 6.45) is 35.0. The first kappa shape index (κ1) is 30.8. The topological polar surface area (TPSA) is 6.48 Å². The van der Waals surface area contributed by atoms with Crippen molar-refractivity contribution in [2.75, 3.05) is 6.54 Å². The van der Waals surface area contributed by atoms with E-state index < -0.39 is 0 Å². The molecule has 0 N–H and O–H groups in total. The Morgan fingerprint density at radius 2 is 0.944 bits per heavy atom. The van der Waals surface area contributed by atoms with Gasteiger partial charge in [0, 0.05) is 25.5 Å². The van der Waals surface area contributed by atoms with Gasteiger partial charge in [0.05, 0.1) is 0 Å². The second-order valence-corrected chi connectivity index (χ2v) is 11.3. The van der Waals surface area contributed by atoms with Crippen LogP contribution in [0.25, 0.3) is 0 Å². The third-order valence-electron chi connectivity index (χ3n) is 8.01. The summed E-state index contributed by atoms with van der Waals surface area (Å²) in [6.45, 7) is 6.87. The lowest BCUT2D eigenvalue weighted by Crippen LogP contribution is -2.38. The molecule has 2 rings (SSSR count). The quantitative estimate of drug-likeness (QED) is 0.131. The number of hydrogen-bond donors (Lipinski definition) is 0. The Hall–Kier alpha value is -1.44. The zero-order chi connectivity index (χ0) is 25.5. The Morgan fingerprint density at radius 3 is 1.47 bits per heavy atom. The van der Waals surface area contributed by atoms with Gasteiger partial charge in [0.25, 0.3) is 0 Å². The van der Waals surface area contributed by atoms with Crippen LogP contribution in [0.15, 0.2) is 42.7 Å². The van der Waals surface area contributed by atoms with Gasteiger partial charge in [-0.25, -0.2) is 0 Å². The minimum atomic E-state index is 0.554. The van der Waals surface area contributed by atoms with E-state index in [1.165, 1.54) is 147 Å². The Labute approximate surface area is 225 Å². The lowest BCUT2D eigenvalue weighted by molar-refractivity contribution is 0.132. The second-order valence-electron chi connectivity index (χ2n) is 11.3. The molecule has 206 valence electrons. The summed E-state index contributed by atoms with van der Waals surface area (Å²) in [5, 5.41) is 0. The number of rotatable bonds is 24. The molecule has 0 bridgehead atoms. The molecule has 2 heteroatoms. The van der Waals surface area contributed by atoms with Gasteiger partial charge in [-0.2, -0.15) is 0 Å². The molecule has 0 saturated carbocycles. The van der Waals surface area contributed by atoms with Crippen molar-refractivity contribution in [2.24, 2.45) is 0 Å². The number of nitrogens with zero attached hydrogens (tertiary/aromatic N) is 2. The van der Waals surface area contributed by atoms with E-state index in [0.29, 0.717) is 6.17 Å². The summed E-state index contributed by atoms with van der Waals surface area (Å²) in [6, 6.07) is 11.0. The largest absolute Gasteiger partial charge is 0.356 e. The molecule has 36 heavy (non-hydrogen) atoms. The smallest absolute Gasteiger partial charge is 0.101 e. The highest BCUT2D eigenvalue weighted by molar-refractivity contribution is 5.15. The highest BCUT2D eigenvalue weighted by atomic mass is 15.4. The van der Waals surface area contributed by atoms with Gasteiger partial charge in [0.2, 0.25) is 0 Å². The highest BCUT2D eigenvalue weighted by Gasteiger charge is 2.25. The van der Waals surface area contributed by atoms with Gasteiger partial charge >= 0.3 is 0 Å². The lowest BCUT2D eigenvalue weighted by Gasteiger charge is -2.33. The summed E-state index contributed by atoms with van der Waals surface area (Å²) in [7, 11) is 0. The predicted octanol–water partition coefficient (Wildman–Crippen LogP) is 10.8. The van der Waals surface area contributed by atoms with Gasteiger partial charge in [-0.15, -0.1) is 0 Å². The van der Waals surface area contributed by atoms with E-state index in [1.807, 2.05) is 0 Å². The van der Waals surface area contributed by atoms with Gasteiger partial charge < -0.3 is 9.80 Å². The van der Waals surface area contributed by atoms with E-state index >= 15 is 0 Å². The third-order valence-corrected chi connectivity index (χ3v) is 8.01. The first-order valence-corrected chi connectivity index (χ1v) is 16.1. The summed E-state index contributed by atoms with van der Waals surface area (Å²) >= 11 is 0. The molecule has 0 aliphatic carbocycles.